The predicted molar refractivity (Wildman–Crippen MR) is 271 cm³/mol. The highest BCUT2D eigenvalue weighted by atomic mass is 15.1. The first-order valence-electron chi connectivity index (χ1n) is 21.6. The lowest BCUT2D eigenvalue weighted by molar-refractivity contribution is 1.27. The van der Waals surface area contributed by atoms with Crippen LogP contribution in [0.15, 0.2) is 183 Å². The third-order valence-electron chi connectivity index (χ3n) is 11.4. The van der Waals surface area contributed by atoms with Gasteiger partial charge in [0.1, 0.15) is 12.1 Å². The summed E-state index contributed by atoms with van der Waals surface area (Å²) in [5.74, 6) is 0. The van der Waals surface area contributed by atoms with Crippen molar-refractivity contribution in [3.8, 4) is 12.1 Å². The number of benzene rings is 8. The fourth-order valence-corrected chi connectivity index (χ4v) is 8.38. The first kappa shape index (κ1) is 43.2. The van der Waals surface area contributed by atoms with Gasteiger partial charge in [0.25, 0.3) is 0 Å². The predicted octanol–water partition coefficient (Wildman–Crippen LogP) is 17.0. The number of anilines is 6. The van der Waals surface area contributed by atoms with Crippen molar-refractivity contribution in [1.29, 1.82) is 10.5 Å². The quantitative estimate of drug-likeness (QED) is 0.0964. The topological polar surface area (TPSA) is 54.1 Å². The smallest absolute Gasteiger partial charge is 0.102 e. The Morgan fingerprint density at radius 2 is 0.921 bits per heavy atom. The van der Waals surface area contributed by atoms with Gasteiger partial charge in [-0.05, 0) is 139 Å². The maximum Gasteiger partial charge on any atom is 0.102 e. The molecule has 0 bridgehead atoms. The molecule has 0 fully saturated rings. The summed E-state index contributed by atoms with van der Waals surface area (Å²) in [5.41, 5.74) is 13.1. The number of hydrogen-bond donors (Lipinski definition) is 0. The van der Waals surface area contributed by atoms with Gasteiger partial charge in [-0.25, -0.2) is 0 Å². The largest absolute Gasteiger partial charge is 0.309 e. The molecule has 308 valence electrons. The van der Waals surface area contributed by atoms with Crippen LogP contribution < -0.4 is 9.80 Å². The molecule has 8 aromatic rings. The van der Waals surface area contributed by atoms with Gasteiger partial charge in [0.05, 0.1) is 22.5 Å². The van der Waals surface area contributed by atoms with E-state index in [1.807, 2.05) is 58.9 Å². The summed E-state index contributed by atoms with van der Waals surface area (Å²) in [6.45, 7) is 18.3. The minimum absolute atomic E-state index is 0.564. The molecular weight excluding hydrogens is 765 g/mol. The summed E-state index contributed by atoms with van der Waals surface area (Å²) < 4.78 is 0. The monoisotopic (exact) mass is 816 g/mol. The van der Waals surface area contributed by atoms with E-state index in [0.29, 0.717) is 11.1 Å². The van der Waals surface area contributed by atoms with Crippen molar-refractivity contribution in [3.05, 3.63) is 216 Å². The van der Waals surface area contributed by atoms with Gasteiger partial charge >= 0.3 is 0 Å². The zero-order chi connectivity index (χ0) is 44.6. The highest BCUT2D eigenvalue weighted by Gasteiger charge is 2.25. The van der Waals surface area contributed by atoms with Gasteiger partial charge in [0, 0.05) is 33.5 Å². The van der Waals surface area contributed by atoms with Crippen molar-refractivity contribution in [2.75, 3.05) is 9.80 Å². The number of nitrogens with zero attached hydrogens (tertiary/aromatic N) is 4. The summed E-state index contributed by atoms with van der Waals surface area (Å²) in [5, 5.41) is 27.8. The van der Waals surface area contributed by atoms with Crippen molar-refractivity contribution in [1.82, 2.24) is 0 Å². The normalized spacial score (nSPS) is 11.8. The molecule has 0 saturated carbocycles. The van der Waals surface area contributed by atoms with E-state index < -0.39 is 0 Å². The molecule has 0 aliphatic carbocycles. The molecule has 0 spiro atoms. The lowest BCUT2D eigenvalue weighted by Gasteiger charge is -2.29. The highest BCUT2D eigenvalue weighted by Crippen LogP contribution is 2.48. The van der Waals surface area contributed by atoms with E-state index in [1.54, 1.807) is 0 Å². The number of hydrogen-bond acceptors (Lipinski definition) is 4. The molecule has 4 heteroatoms. The molecule has 0 amide bonds. The van der Waals surface area contributed by atoms with Gasteiger partial charge in [-0.15, -0.1) is 0 Å². The zero-order valence-electron chi connectivity index (χ0n) is 37.2. The second kappa shape index (κ2) is 19.2. The lowest BCUT2D eigenvalue weighted by Crippen LogP contribution is -2.13. The van der Waals surface area contributed by atoms with Gasteiger partial charge in [-0.2, -0.15) is 10.5 Å². The van der Waals surface area contributed by atoms with Gasteiger partial charge in [-0.1, -0.05) is 147 Å². The Labute approximate surface area is 372 Å². The van der Waals surface area contributed by atoms with Gasteiger partial charge in [-0.3, -0.25) is 0 Å². The van der Waals surface area contributed by atoms with E-state index >= 15 is 0 Å². The Morgan fingerprint density at radius 3 is 1.27 bits per heavy atom. The minimum Gasteiger partial charge on any atom is -0.309 e. The van der Waals surface area contributed by atoms with Crippen LogP contribution in [-0.2, 0) is 0 Å². The van der Waals surface area contributed by atoms with E-state index in [1.165, 1.54) is 0 Å². The van der Waals surface area contributed by atoms with Gasteiger partial charge < -0.3 is 9.80 Å². The molecule has 0 aromatic heterocycles. The van der Waals surface area contributed by atoms with Crippen molar-refractivity contribution in [2.45, 2.75) is 48.5 Å². The van der Waals surface area contributed by atoms with E-state index in [4.69, 9.17) is 0 Å². The average Bonchev–Trinajstić information content (AvgIpc) is 3.32. The maximum absolute atomic E-state index is 11.1. The molecule has 8 aromatic carbocycles. The van der Waals surface area contributed by atoms with Crippen molar-refractivity contribution in [2.24, 2.45) is 0 Å². The molecule has 8 rings (SSSR count). The van der Waals surface area contributed by atoms with Crippen LogP contribution in [0.2, 0.25) is 0 Å². The maximum atomic E-state index is 11.1. The molecule has 4 nitrogen and oxygen atoms in total. The number of allylic oxidation sites excluding steroid dienone is 9. The summed E-state index contributed by atoms with van der Waals surface area (Å²) in [6.07, 6.45) is 14.2. The molecule has 0 heterocycles. The number of nitriles is 2. The second-order valence-electron chi connectivity index (χ2n) is 15.2. The van der Waals surface area contributed by atoms with E-state index in [0.717, 1.165) is 99.8 Å². The molecule has 0 unspecified atom stereocenters. The van der Waals surface area contributed by atoms with Crippen LogP contribution in [0.3, 0.4) is 0 Å². The summed E-state index contributed by atoms with van der Waals surface area (Å²) in [4.78, 5) is 4.35. The first-order valence-corrected chi connectivity index (χ1v) is 21.6. The molecule has 0 atom stereocenters. The van der Waals surface area contributed by atoms with Crippen LogP contribution in [0.5, 0.6) is 0 Å². The van der Waals surface area contributed by atoms with E-state index in [2.05, 4.69) is 194 Å². The van der Waals surface area contributed by atoms with E-state index in [-0.39, 0.29) is 0 Å². The van der Waals surface area contributed by atoms with Crippen LogP contribution >= 0.6 is 0 Å². The average molecular weight is 817 g/mol. The Kier molecular flexibility index (Phi) is 13.2. The zero-order valence-corrected chi connectivity index (χ0v) is 37.2. The molecule has 0 aliphatic rings. The fraction of sp³-hybridized carbons (Fsp3) is 0.119. The fourth-order valence-electron chi connectivity index (χ4n) is 8.38. The third kappa shape index (κ3) is 8.28. The third-order valence-corrected chi connectivity index (χ3v) is 11.4. The minimum atomic E-state index is 0.564. The Balaban J connectivity index is 0.00000293. The molecule has 63 heavy (non-hydrogen) atoms. The summed E-state index contributed by atoms with van der Waals surface area (Å²) in [6, 6.07) is 51.6. The number of aryl methyl sites for hydroxylation is 2. The van der Waals surface area contributed by atoms with Crippen molar-refractivity contribution in [3.63, 3.8) is 0 Å². The van der Waals surface area contributed by atoms with Gasteiger partial charge in [0.2, 0.25) is 0 Å². The summed E-state index contributed by atoms with van der Waals surface area (Å²) >= 11 is 0. The summed E-state index contributed by atoms with van der Waals surface area (Å²) in [7, 11) is 0. The van der Waals surface area contributed by atoms with Crippen LogP contribution in [0.1, 0.15) is 68.0 Å². The van der Waals surface area contributed by atoms with Crippen molar-refractivity contribution >= 4 is 77.6 Å². The lowest BCUT2D eigenvalue weighted by atomic mass is 9.88. The SMILES string of the molecule is C=C/C(=C\C=C/C)c1ccc(N(c2ccc(C)cc2)c2cc3ccc4c(C#N)c(N(c5ccc(C)cc5)c5ccc(C(/C=C\C)=C/C)cc5)cc5ccc(c2C#N)c3c54)cc1.CC. The Morgan fingerprint density at radius 1 is 0.524 bits per heavy atom. The highest BCUT2D eigenvalue weighted by molar-refractivity contribution is 6.27. The molecule has 0 aliphatic heterocycles. The Bertz CT molecular complexity index is 3130. The first-order chi connectivity index (χ1) is 30.8. The van der Waals surface area contributed by atoms with Crippen LogP contribution in [0, 0.1) is 36.5 Å². The molecule has 0 N–H and O–H groups in total. The van der Waals surface area contributed by atoms with E-state index in [9.17, 15) is 10.5 Å². The second-order valence-corrected chi connectivity index (χ2v) is 15.2. The number of rotatable bonds is 11. The Hall–Kier alpha value is -7.92. The van der Waals surface area contributed by atoms with Crippen LogP contribution in [0.4, 0.5) is 34.1 Å². The van der Waals surface area contributed by atoms with Crippen molar-refractivity contribution < 1.29 is 0 Å². The molecule has 0 saturated heterocycles. The van der Waals surface area contributed by atoms with Gasteiger partial charge in [0.15, 0.2) is 0 Å². The molecular formula is C59H52N4. The van der Waals surface area contributed by atoms with Crippen LogP contribution in [0.25, 0.3) is 43.5 Å². The standard InChI is InChI=1S/C57H46N4.C2H6/c1-7-11-13-41(10-4)43-20-30-49(31-21-43)61(47-26-16-39(6)17-27-47)55-35-45-23-32-50-52(36-58)54(34-44-22-33-51(53(55)37-59)57(45)56(44)50)60(46-24-14-38(5)15-25-46)48-28-18-42(19-29-48)40(9-3)12-8-2;1-2/h7-35H,4H2,1-3,5-6H3;1-2H3/b11-7-,12-8-,40-9+,41-13+;. The molecule has 0 radical (unpaired) electrons. The van der Waals surface area contributed by atoms with Crippen LogP contribution in [-0.4, -0.2) is 0 Å².